The summed E-state index contributed by atoms with van der Waals surface area (Å²) in [6.07, 6.45) is -5.24. The van der Waals surface area contributed by atoms with Crippen molar-refractivity contribution < 1.29 is 73.4 Å². The second-order valence-electron chi connectivity index (χ2n) is 21.8. The van der Waals surface area contributed by atoms with E-state index in [1.807, 2.05) is 0 Å². The molecule has 8 aliphatic rings. The first-order valence-corrected chi connectivity index (χ1v) is 22.0. The zero-order valence-corrected chi connectivity index (χ0v) is 36.3. The Labute approximate surface area is 347 Å². The number of aliphatic hydroxyl groups is 6. The molecule has 59 heavy (non-hydrogen) atoms. The van der Waals surface area contributed by atoms with Crippen LogP contribution in [0.1, 0.15) is 120 Å². The van der Waals surface area contributed by atoms with Crippen LogP contribution in [0.25, 0.3) is 0 Å². The number of hydrogen-bond donors (Lipinski definition) is 6. The van der Waals surface area contributed by atoms with Gasteiger partial charge in [0, 0.05) is 19.8 Å². The van der Waals surface area contributed by atoms with E-state index in [2.05, 4.69) is 34.6 Å². The first kappa shape index (κ1) is 44.1. The van der Waals surface area contributed by atoms with Crippen LogP contribution >= 0.6 is 0 Å². The highest BCUT2D eigenvalue weighted by Gasteiger charge is 2.85. The molecule has 3 aliphatic heterocycles. The molecule has 5 saturated carbocycles. The highest BCUT2D eigenvalue weighted by Crippen LogP contribution is 2.89. The Hall–Kier alpha value is -1.50. The summed E-state index contributed by atoms with van der Waals surface area (Å²) in [5.74, 6) is -1.47. The molecule has 15 heteroatoms. The Morgan fingerprint density at radius 1 is 0.695 bits per heavy atom. The molecule has 0 aromatic carbocycles. The van der Waals surface area contributed by atoms with Crippen LogP contribution in [0.3, 0.4) is 0 Å². The van der Waals surface area contributed by atoms with E-state index in [0.717, 1.165) is 32.1 Å². The molecular weight excluding hydrogens is 768 g/mol. The summed E-state index contributed by atoms with van der Waals surface area (Å²) in [5, 5.41) is 66.3. The summed E-state index contributed by atoms with van der Waals surface area (Å²) in [4.78, 5) is 24.4. The van der Waals surface area contributed by atoms with E-state index >= 15 is 0 Å². The van der Waals surface area contributed by atoms with Crippen LogP contribution in [0.5, 0.6) is 0 Å². The number of rotatable bonds is 8. The number of ether oxygens (including phenoxy) is 7. The first-order valence-electron chi connectivity index (χ1n) is 22.0. The zero-order chi connectivity index (χ0) is 43.0. The largest absolute Gasteiger partial charge is 0.455 e. The average molecular weight is 839 g/mol. The fraction of sp³-hybridized carbons (Fsp3) is 0.955. The van der Waals surface area contributed by atoms with Gasteiger partial charge in [0.2, 0.25) is 0 Å². The van der Waals surface area contributed by atoms with Crippen LogP contribution in [-0.4, -0.2) is 141 Å². The van der Waals surface area contributed by atoms with Gasteiger partial charge in [-0.1, -0.05) is 27.7 Å². The molecule has 0 aromatic rings. The highest BCUT2D eigenvalue weighted by atomic mass is 16.7. The predicted octanol–water partition coefficient (Wildman–Crippen LogP) is 2.50. The van der Waals surface area contributed by atoms with E-state index in [4.69, 9.17) is 33.2 Å². The standard InChI is InChI=1S/C44H70O15/c1-21(45)55-32-25(49)19-54-37(33(32)56-22(2)46)58-28-11-13-44-20-43(44)15-14-40(7)34(42(9)12-10-29(59-42)39(5,6)52)23(47)17-41(40,8)27(43)16-26(35(44)38(28,3)4)57-36-31(51)30(50)24(48)18-53-36/h23-37,47-52H,10-20H2,1-9H3/t23-,24-,25+,26-,27-,28-,29-,30+,31-,32-,33+,34?,35?,36+,37-,40+,41-,42+,43-,44+/m0/s1. The average Bonchev–Trinajstić information content (AvgIpc) is 3.49. The lowest BCUT2D eigenvalue weighted by atomic mass is 9.41. The molecule has 2 unspecified atom stereocenters. The predicted molar refractivity (Wildman–Crippen MR) is 207 cm³/mol. The van der Waals surface area contributed by atoms with Crippen LogP contribution < -0.4 is 0 Å². The minimum absolute atomic E-state index is 0.0659. The van der Waals surface area contributed by atoms with Crippen molar-refractivity contribution in [2.24, 2.45) is 44.8 Å². The molecule has 3 heterocycles. The molecule has 0 aromatic heterocycles. The molecule has 3 saturated heterocycles. The van der Waals surface area contributed by atoms with Crippen molar-refractivity contribution in [2.45, 2.75) is 205 Å². The van der Waals surface area contributed by atoms with Crippen LogP contribution in [0.4, 0.5) is 0 Å². The number of fused-ring (bicyclic) bond motifs is 2. The molecule has 20 atom stereocenters. The van der Waals surface area contributed by atoms with E-state index < -0.39 is 96.1 Å². The zero-order valence-electron chi connectivity index (χ0n) is 36.3. The van der Waals surface area contributed by atoms with Crippen LogP contribution in [0.15, 0.2) is 0 Å². The molecular formula is C44H70O15. The fourth-order valence-corrected chi connectivity index (χ4v) is 15.2. The second kappa shape index (κ2) is 14.5. The number of carbonyl (C=O) groups excluding carboxylic acids is 2. The summed E-state index contributed by atoms with van der Waals surface area (Å²) < 4.78 is 43.5. The van der Waals surface area contributed by atoms with Crippen LogP contribution in [0, 0.1) is 44.8 Å². The van der Waals surface area contributed by atoms with Crippen LogP contribution in [0.2, 0.25) is 0 Å². The summed E-state index contributed by atoms with van der Waals surface area (Å²) in [7, 11) is 0. The number of esters is 2. The third-order valence-corrected chi connectivity index (χ3v) is 17.8. The van der Waals surface area contributed by atoms with Gasteiger partial charge in [-0.2, -0.15) is 0 Å². The minimum atomic E-state index is -1.49. The summed E-state index contributed by atoms with van der Waals surface area (Å²) in [6.45, 7) is 16.7. The number of carbonyl (C=O) groups is 2. The molecule has 0 radical (unpaired) electrons. The third kappa shape index (κ3) is 6.60. The van der Waals surface area contributed by atoms with Gasteiger partial charge in [-0.3, -0.25) is 9.59 Å². The van der Waals surface area contributed by atoms with Gasteiger partial charge in [0.05, 0.1) is 48.8 Å². The van der Waals surface area contributed by atoms with Crippen molar-refractivity contribution in [3.05, 3.63) is 0 Å². The van der Waals surface area contributed by atoms with E-state index in [-0.39, 0.29) is 58.7 Å². The van der Waals surface area contributed by atoms with Crippen molar-refractivity contribution in [3.63, 3.8) is 0 Å². The normalized spacial score (nSPS) is 54.0. The minimum Gasteiger partial charge on any atom is -0.455 e. The molecule has 15 nitrogen and oxygen atoms in total. The van der Waals surface area contributed by atoms with E-state index in [0.29, 0.717) is 25.7 Å². The van der Waals surface area contributed by atoms with Gasteiger partial charge in [0.1, 0.15) is 24.4 Å². The topological polar surface area (TPSA) is 220 Å². The lowest BCUT2D eigenvalue weighted by molar-refractivity contribution is -0.327. The summed E-state index contributed by atoms with van der Waals surface area (Å²) in [5.41, 5.74) is -3.16. The van der Waals surface area contributed by atoms with E-state index in [1.165, 1.54) is 13.8 Å². The molecule has 8 fully saturated rings. The molecule has 6 N–H and O–H groups in total. The lowest BCUT2D eigenvalue weighted by Crippen LogP contribution is -2.65. The van der Waals surface area contributed by atoms with Crippen molar-refractivity contribution in [3.8, 4) is 0 Å². The molecule has 8 rings (SSSR count). The smallest absolute Gasteiger partial charge is 0.303 e. The third-order valence-electron chi connectivity index (χ3n) is 17.8. The van der Waals surface area contributed by atoms with Gasteiger partial charge in [-0.05, 0) is 117 Å². The van der Waals surface area contributed by atoms with Crippen molar-refractivity contribution in [2.75, 3.05) is 13.2 Å². The highest BCUT2D eigenvalue weighted by molar-refractivity contribution is 5.67. The van der Waals surface area contributed by atoms with Crippen molar-refractivity contribution in [1.82, 2.24) is 0 Å². The van der Waals surface area contributed by atoms with E-state index in [9.17, 15) is 40.2 Å². The maximum Gasteiger partial charge on any atom is 0.303 e. The van der Waals surface area contributed by atoms with Gasteiger partial charge in [0.15, 0.2) is 24.8 Å². The molecule has 336 valence electrons. The van der Waals surface area contributed by atoms with Gasteiger partial charge >= 0.3 is 11.9 Å². The SMILES string of the molecule is CC(=O)O[C@@H]1[C@@H](OC(C)=O)[C@H](O[C@H]2CC[C@]34C[C@]35CC[C@]3(C)C([C@@]6(C)CC[C@@H](C(C)(C)O)O6)[C@@H](O)C[C@@]3(C)[C@@H]5C[C@H](O[C@H]3OC[C@H](O)[C@@H](O)[C@@H]3O)C4C2(C)C)OC[C@H]1O. The Morgan fingerprint density at radius 2 is 1.34 bits per heavy atom. The van der Waals surface area contributed by atoms with Gasteiger partial charge in [-0.25, -0.2) is 0 Å². The Balaban J connectivity index is 1.13. The lowest BCUT2D eigenvalue weighted by Gasteiger charge is -2.65. The molecule has 0 amide bonds. The Morgan fingerprint density at radius 3 is 1.98 bits per heavy atom. The Bertz CT molecular complexity index is 1630. The molecule has 2 spiro atoms. The van der Waals surface area contributed by atoms with E-state index in [1.54, 1.807) is 13.8 Å². The van der Waals surface area contributed by atoms with Gasteiger partial charge < -0.3 is 63.8 Å². The second-order valence-corrected chi connectivity index (χ2v) is 21.8. The van der Waals surface area contributed by atoms with Gasteiger partial charge in [-0.15, -0.1) is 0 Å². The quantitative estimate of drug-likeness (QED) is 0.153. The Kier molecular flexibility index (Phi) is 10.9. The number of hydrogen-bond acceptors (Lipinski definition) is 15. The fourth-order valence-electron chi connectivity index (χ4n) is 15.2. The first-order chi connectivity index (χ1) is 27.3. The molecule has 0 bridgehead atoms. The maximum atomic E-state index is 12.3. The summed E-state index contributed by atoms with van der Waals surface area (Å²) in [6, 6.07) is 0. The van der Waals surface area contributed by atoms with Crippen molar-refractivity contribution in [1.29, 1.82) is 0 Å². The van der Waals surface area contributed by atoms with Crippen LogP contribution in [-0.2, 0) is 42.7 Å². The number of aliphatic hydroxyl groups excluding tert-OH is 5. The maximum absolute atomic E-state index is 12.3. The summed E-state index contributed by atoms with van der Waals surface area (Å²) >= 11 is 0. The monoisotopic (exact) mass is 838 g/mol. The molecule has 5 aliphatic carbocycles. The van der Waals surface area contributed by atoms with Gasteiger partial charge in [0.25, 0.3) is 0 Å². The van der Waals surface area contributed by atoms with Crippen molar-refractivity contribution >= 4 is 11.9 Å².